The molecule has 0 radical (unpaired) electrons. The molecule has 0 spiro atoms. The molecule has 0 bridgehead atoms. The van der Waals surface area contributed by atoms with Crippen LogP contribution in [0.5, 0.6) is 5.75 Å². The van der Waals surface area contributed by atoms with Gasteiger partial charge in [0, 0.05) is 29.5 Å². The van der Waals surface area contributed by atoms with E-state index in [1.54, 1.807) is 24.3 Å². The molecule has 1 amide bonds. The number of anilines is 1. The predicted molar refractivity (Wildman–Crippen MR) is 94.7 cm³/mol. The zero-order valence-corrected chi connectivity index (χ0v) is 13.9. The molecule has 8 heteroatoms. The number of amides is 1. The number of carbonyl (C=O) groups is 2. The van der Waals surface area contributed by atoms with Crippen molar-refractivity contribution >= 4 is 29.3 Å². The number of nitro benzene ring substituents is 1. The number of rotatable bonds is 7. The number of ether oxygens (including phenoxy) is 2. The lowest BCUT2D eigenvalue weighted by Gasteiger charge is -2.05. The molecule has 2 aromatic rings. The Hall–Kier alpha value is -3.68. The first kappa shape index (κ1) is 18.7. The van der Waals surface area contributed by atoms with E-state index in [9.17, 15) is 19.7 Å². The molecular weight excluding hydrogens is 340 g/mol. The summed E-state index contributed by atoms with van der Waals surface area (Å²) in [6.07, 6.45) is 2.69. The molecule has 0 saturated heterocycles. The Labute approximate surface area is 149 Å². The van der Waals surface area contributed by atoms with E-state index in [0.29, 0.717) is 11.3 Å². The van der Waals surface area contributed by atoms with Crippen molar-refractivity contribution < 1.29 is 24.0 Å². The SMILES string of the molecule is COc1ccccc1/C=C/C(=O)OCC(=O)Nc1cccc([N+](=O)[O-])c1. The summed E-state index contributed by atoms with van der Waals surface area (Å²) >= 11 is 0. The minimum atomic E-state index is -0.704. The van der Waals surface area contributed by atoms with Gasteiger partial charge in [0.15, 0.2) is 6.61 Å². The van der Waals surface area contributed by atoms with Crippen molar-refractivity contribution in [1.82, 2.24) is 0 Å². The molecule has 0 aliphatic carbocycles. The maximum Gasteiger partial charge on any atom is 0.331 e. The van der Waals surface area contributed by atoms with Crippen LogP contribution in [0.4, 0.5) is 11.4 Å². The van der Waals surface area contributed by atoms with Crippen LogP contribution in [0.2, 0.25) is 0 Å². The zero-order valence-electron chi connectivity index (χ0n) is 13.9. The Morgan fingerprint density at radius 2 is 1.96 bits per heavy atom. The van der Waals surface area contributed by atoms with Crippen molar-refractivity contribution in [2.75, 3.05) is 19.0 Å². The van der Waals surface area contributed by atoms with Crippen LogP contribution in [0, 0.1) is 10.1 Å². The highest BCUT2D eigenvalue weighted by Crippen LogP contribution is 2.19. The van der Waals surface area contributed by atoms with Crippen molar-refractivity contribution in [2.24, 2.45) is 0 Å². The number of benzene rings is 2. The molecule has 2 aromatic carbocycles. The highest BCUT2D eigenvalue weighted by Gasteiger charge is 2.09. The lowest BCUT2D eigenvalue weighted by atomic mass is 10.2. The first-order chi connectivity index (χ1) is 12.5. The molecule has 0 fully saturated rings. The fourth-order valence-corrected chi connectivity index (χ4v) is 2.04. The average Bonchev–Trinajstić information content (AvgIpc) is 2.65. The van der Waals surface area contributed by atoms with Crippen LogP contribution in [0.25, 0.3) is 6.08 Å². The van der Waals surface area contributed by atoms with Crippen LogP contribution in [-0.4, -0.2) is 30.5 Å². The van der Waals surface area contributed by atoms with Crippen molar-refractivity contribution in [1.29, 1.82) is 0 Å². The quantitative estimate of drug-likeness (QED) is 0.354. The highest BCUT2D eigenvalue weighted by atomic mass is 16.6. The Bertz CT molecular complexity index is 847. The summed E-state index contributed by atoms with van der Waals surface area (Å²) in [6.45, 7) is -0.516. The van der Waals surface area contributed by atoms with E-state index in [2.05, 4.69) is 5.32 Å². The predicted octanol–water partition coefficient (Wildman–Crippen LogP) is 2.80. The molecule has 0 aliphatic rings. The zero-order chi connectivity index (χ0) is 18.9. The second-order valence-corrected chi connectivity index (χ2v) is 5.04. The Kier molecular flexibility index (Phi) is 6.44. The van der Waals surface area contributed by atoms with E-state index < -0.39 is 23.4 Å². The van der Waals surface area contributed by atoms with Gasteiger partial charge in [-0.15, -0.1) is 0 Å². The van der Waals surface area contributed by atoms with Crippen molar-refractivity contribution in [3.8, 4) is 5.75 Å². The third-order valence-electron chi connectivity index (χ3n) is 3.22. The Morgan fingerprint density at radius 3 is 2.69 bits per heavy atom. The van der Waals surface area contributed by atoms with E-state index in [4.69, 9.17) is 9.47 Å². The fraction of sp³-hybridized carbons (Fsp3) is 0.111. The summed E-state index contributed by atoms with van der Waals surface area (Å²) in [5.74, 6) is -0.713. The highest BCUT2D eigenvalue weighted by molar-refractivity contribution is 5.94. The second kappa shape index (κ2) is 8.97. The number of nitrogens with zero attached hydrogens (tertiary/aromatic N) is 1. The number of methoxy groups -OCH3 is 1. The Balaban J connectivity index is 1.87. The summed E-state index contributed by atoms with van der Waals surface area (Å²) in [7, 11) is 1.52. The largest absolute Gasteiger partial charge is 0.496 e. The summed E-state index contributed by atoms with van der Waals surface area (Å²) in [4.78, 5) is 33.6. The van der Waals surface area contributed by atoms with Crippen LogP contribution in [0.15, 0.2) is 54.6 Å². The molecule has 0 saturated carbocycles. The summed E-state index contributed by atoms with van der Waals surface area (Å²) in [5, 5.41) is 13.1. The van der Waals surface area contributed by atoms with E-state index in [1.165, 1.54) is 43.5 Å². The maximum absolute atomic E-state index is 11.8. The van der Waals surface area contributed by atoms with E-state index in [-0.39, 0.29) is 11.4 Å². The van der Waals surface area contributed by atoms with Gasteiger partial charge in [0.25, 0.3) is 11.6 Å². The van der Waals surface area contributed by atoms with E-state index in [1.807, 2.05) is 0 Å². The summed E-state index contributed by atoms with van der Waals surface area (Å²) in [6, 6.07) is 12.5. The number of carbonyl (C=O) groups excluding carboxylic acids is 2. The minimum absolute atomic E-state index is 0.153. The van der Waals surface area contributed by atoms with Crippen molar-refractivity contribution in [3.05, 3.63) is 70.3 Å². The van der Waals surface area contributed by atoms with Gasteiger partial charge < -0.3 is 14.8 Å². The molecule has 0 heterocycles. The Morgan fingerprint density at radius 1 is 1.19 bits per heavy atom. The lowest BCUT2D eigenvalue weighted by molar-refractivity contribution is -0.384. The number of hydrogen-bond donors (Lipinski definition) is 1. The monoisotopic (exact) mass is 356 g/mol. The van der Waals surface area contributed by atoms with Crippen molar-refractivity contribution in [2.45, 2.75) is 0 Å². The fourth-order valence-electron chi connectivity index (χ4n) is 2.04. The molecule has 0 atom stereocenters. The number of esters is 1. The first-order valence-corrected chi connectivity index (χ1v) is 7.52. The molecule has 8 nitrogen and oxygen atoms in total. The number of para-hydroxylation sites is 1. The maximum atomic E-state index is 11.8. The average molecular weight is 356 g/mol. The van der Waals surface area contributed by atoms with Gasteiger partial charge in [-0.3, -0.25) is 14.9 Å². The molecule has 134 valence electrons. The third kappa shape index (κ3) is 5.45. The number of non-ortho nitro benzene ring substituents is 1. The summed E-state index contributed by atoms with van der Waals surface area (Å²) < 4.78 is 9.99. The van der Waals surface area contributed by atoms with Crippen LogP contribution in [0.3, 0.4) is 0 Å². The molecule has 26 heavy (non-hydrogen) atoms. The number of nitrogens with one attached hydrogen (secondary N) is 1. The minimum Gasteiger partial charge on any atom is -0.496 e. The van der Waals surface area contributed by atoms with E-state index >= 15 is 0 Å². The van der Waals surface area contributed by atoms with Crippen LogP contribution >= 0.6 is 0 Å². The molecular formula is C18H16N2O6. The normalized spacial score (nSPS) is 10.3. The van der Waals surface area contributed by atoms with Gasteiger partial charge in [0.1, 0.15) is 5.75 Å². The smallest absolute Gasteiger partial charge is 0.331 e. The van der Waals surface area contributed by atoms with Crippen molar-refractivity contribution in [3.63, 3.8) is 0 Å². The topological polar surface area (TPSA) is 108 Å². The van der Waals surface area contributed by atoms with Gasteiger partial charge in [-0.25, -0.2) is 4.79 Å². The van der Waals surface area contributed by atoms with Gasteiger partial charge in [-0.05, 0) is 18.2 Å². The summed E-state index contributed by atoms with van der Waals surface area (Å²) in [5.41, 5.74) is 0.775. The number of hydrogen-bond acceptors (Lipinski definition) is 6. The second-order valence-electron chi connectivity index (χ2n) is 5.04. The third-order valence-corrected chi connectivity index (χ3v) is 3.22. The van der Waals surface area contributed by atoms with E-state index in [0.717, 1.165) is 0 Å². The van der Waals surface area contributed by atoms with Crippen LogP contribution < -0.4 is 10.1 Å². The van der Waals surface area contributed by atoms with Gasteiger partial charge in [-0.1, -0.05) is 24.3 Å². The molecule has 0 aliphatic heterocycles. The molecule has 1 N–H and O–H groups in total. The van der Waals surface area contributed by atoms with Gasteiger partial charge in [-0.2, -0.15) is 0 Å². The van der Waals surface area contributed by atoms with Gasteiger partial charge in [0.2, 0.25) is 0 Å². The molecule has 0 unspecified atom stereocenters. The molecule has 0 aromatic heterocycles. The van der Waals surface area contributed by atoms with Crippen LogP contribution in [-0.2, 0) is 14.3 Å². The lowest BCUT2D eigenvalue weighted by Crippen LogP contribution is -2.20. The van der Waals surface area contributed by atoms with Gasteiger partial charge in [0.05, 0.1) is 12.0 Å². The number of nitro groups is 1. The van der Waals surface area contributed by atoms with Crippen LogP contribution in [0.1, 0.15) is 5.56 Å². The standard InChI is InChI=1S/C18H16N2O6/c1-25-16-8-3-2-5-13(16)9-10-18(22)26-12-17(21)19-14-6-4-7-15(11-14)20(23)24/h2-11H,12H2,1H3,(H,19,21)/b10-9+. The first-order valence-electron chi connectivity index (χ1n) is 7.52. The molecule has 2 rings (SSSR count). The van der Waals surface area contributed by atoms with Gasteiger partial charge >= 0.3 is 5.97 Å².